The molecule has 6 heteroatoms. The Morgan fingerprint density at radius 1 is 1.55 bits per heavy atom. The number of carbonyl (C=O) groups excluding carboxylic acids is 2. The Labute approximate surface area is 118 Å². The van der Waals surface area contributed by atoms with E-state index in [9.17, 15) is 9.59 Å². The molecule has 2 rings (SSSR count). The quantitative estimate of drug-likeness (QED) is 0.907. The third-order valence-corrected chi connectivity index (χ3v) is 3.21. The summed E-state index contributed by atoms with van der Waals surface area (Å²) in [5.74, 6) is -0.0477. The Kier molecular flexibility index (Phi) is 4.92. The van der Waals surface area contributed by atoms with Crippen molar-refractivity contribution in [1.29, 1.82) is 0 Å². The van der Waals surface area contributed by atoms with E-state index in [0.29, 0.717) is 25.3 Å². The lowest BCUT2D eigenvalue weighted by molar-refractivity contribution is 0.0685. The fraction of sp³-hybridized carbons (Fsp3) is 0.500. The molecule has 1 aromatic heterocycles. The second-order valence-corrected chi connectivity index (χ2v) is 4.70. The number of carbonyl (C=O) groups is 2. The van der Waals surface area contributed by atoms with Gasteiger partial charge in [-0.2, -0.15) is 0 Å². The van der Waals surface area contributed by atoms with Crippen molar-refractivity contribution >= 4 is 12.0 Å². The predicted octanol–water partition coefficient (Wildman–Crippen LogP) is 1.43. The van der Waals surface area contributed by atoms with Crippen LogP contribution in [-0.2, 0) is 4.74 Å². The molecule has 0 aliphatic carbocycles. The molecule has 1 atom stereocenters. The van der Waals surface area contributed by atoms with E-state index in [1.165, 1.54) is 0 Å². The highest BCUT2D eigenvalue weighted by Gasteiger charge is 2.25. The van der Waals surface area contributed by atoms with Crippen molar-refractivity contribution in [1.82, 2.24) is 15.2 Å². The molecular formula is C14H19N3O3. The molecule has 1 N–H and O–H groups in total. The molecule has 2 heterocycles. The number of hydrogen-bond donors (Lipinski definition) is 1. The minimum Gasteiger partial charge on any atom is -0.450 e. The van der Waals surface area contributed by atoms with Crippen molar-refractivity contribution < 1.29 is 14.3 Å². The maximum absolute atomic E-state index is 12.3. The summed E-state index contributed by atoms with van der Waals surface area (Å²) in [7, 11) is 0. The summed E-state index contributed by atoms with van der Waals surface area (Å²) in [4.78, 5) is 29.4. The Morgan fingerprint density at radius 3 is 3.10 bits per heavy atom. The van der Waals surface area contributed by atoms with E-state index in [-0.39, 0.29) is 11.9 Å². The molecule has 0 spiro atoms. The number of piperidine rings is 1. The number of nitrogens with one attached hydrogen (secondary N) is 1. The number of alkyl carbamates (subject to hydrolysis) is 1. The largest absolute Gasteiger partial charge is 0.450 e. The highest BCUT2D eigenvalue weighted by atomic mass is 16.5. The van der Waals surface area contributed by atoms with Crippen molar-refractivity contribution in [3.05, 3.63) is 30.1 Å². The first-order chi connectivity index (χ1) is 9.70. The molecule has 1 aliphatic rings. The minimum absolute atomic E-state index is 0.0477. The van der Waals surface area contributed by atoms with Crippen molar-refractivity contribution in [2.45, 2.75) is 25.8 Å². The molecule has 0 saturated carbocycles. The molecule has 20 heavy (non-hydrogen) atoms. The van der Waals surface area contributed by atoms with Gasteiger partial charge in [-0.1, -0.05) is 0 Å². The first-order valence-corrected chi connectivity index (χ1v) is 6.83. The van der Waals surface area contributed by atoms with E-state index in [4.69, 9.17) is 4.74 Å². The molecule has 1 unspecified atom stereocenters. The molecule has 1 aromatic rings. The lowest BCUT2D eigenvalue weighted by Crippen LogP contribution is -2.49. The fourth-order valence-electron chi connectivity index (χ4n) is 2.29. The van der Waals surface area contributed by atoms with Crippen LogP contribution >= 0.6 is 0 Å². The van der Waals surface area contributed by atoms with Gasteiger partial charge in [0.2, 0.25) is 0 Å². The number of ether oxygens (including phenoxy) is 1. The smallest absolute Gasteiger partial charge is 0.407 e. The van der Waals surface area contributed by atoms with Gasteiger partial charge in [0.05, 0.1) is 12.2 Å². The van der Waals surface area contributed by atoms with Crippen LogP contribution in [0.15, 0.2) is 24.5 Å². The second kappa shape index (κ2) is 6.88. The molecule has 2 amide bonds. The predicted molar refractivity (Wildman–Crippen MR) is 73.3 cm³/mol. The van der Waals surface area contributed by atoms with Gasteiger partial charge in [-0.15, -0.1) is 0 Å². The number of likely N-dealkylation sites (tertiary alicyclic amines) is 1. The summed E-state index contributed by atoms with van der Waals surface area (Å²) in [6.07, 6.45) is 4.50. The molecule has 1 fully saturated rings. The number of pyridine rings is 1. The van der Waals surface area contributed by atoms with Gasteiger partial charge in [-0.05, 0) is 31.9 Å². The fourth-order valence-corrected chi connectivity index (χ4v) is 2.29. The van der Waals surface area contributed by atoms with Crippen LogP contribution in [0.1, 0.15) is 30.1 Å². The van der Waals surface area contributed by atoms with Crippen LogP contribution in [0, 0.1) is 0 Å². The molecule has 1 aliphatic heterocycles. The summed E-state index contributed by atoms with van der Waals surface area (Å²) >= 11 is 0. The van der Waals surface area contributed by atoms with Gasteiger partial charge in [0.1, 0.15) is 0 Å². The van der Waals surface area contributed by atoms with Crippen molar-refractivity contribution in [2.75, 3.05) is 19.7 Å². The Bertz CT molecular complexity index is 464. The van der Waals surface area contributed by atoms with Crippen molar-refractivity contribution in [3.63, 3.8) is 0 Å². The number of amides is 2. The van der Waals surface area contributed by atoms with Gasteiger partial charge < -0.3 is 15.0 Å². The zero-order chi connectivity index (χ0) is 14.4. The van der Waals surface area contributed by atoms with Crippen LogP contribution in [0.3, 0.4) is 0 Å². The van der Waals surface area contributed by atoms with Gasteiger partial charge in [-0.25, -0.2) is 4.79 Å². The SMILES string of the molecule is CCOC(=O)NC1CCCN(C(=O)c2cccnc2)C1. The van der Waals surface area contributed by atoms with Gasteiger partial charge in [-0.3, -0.25) is 9.78 Å². The van der Waals surface area contributed by atoms with Crippen LogP contribution < -0.4 is 5.32 Å². The maximum atomic E-state index is 12.3. The number of aromatic nitrogens is 1. The van der Waals surface area contributed by atoms with E-state index < -0.39 is 6.09 Å². The number of rotatable bonds is 3. The second-order valence-electron chi connectivity index (χ2n) is 4.70. The third kappa shape index (κ3) is 3.69. The zero-order valence-corrected chi connectivity index (χ0v) is 11.5. The summed E-state index contributed by atoms with van der Waals surface area (Å²) in [6, 6.07) is 3.44. The Morgan fingerprint density at radius 2 is 2.40 bits per heavy atom. The standard InChI is InChI=1S/C14H19N3O3/c1-2-20-14(19)16-12-6-4-8-17(10-12)13(18)11-5-3-7-15-9-11/h3,5,7,9,12H,2,4,6,8,10H2,1H3,(H,16,19). The third-order valence-electron chi connectivity index (χ3n) is 3.21. The van der Waals surface area contributed by atoms with E-state index in [0.717, 1.165) is 12.8 Å². The molecule has 108 valence electrons. The van der Waals surface area contributed by atoms with Crippen LogP contribution in [0.25, 0.3) is 0 Å². The van der Waals surface area contributed by atoms with Crippen molar-refractivity contribution in [2.24, 2.45) is 0 Å². The average molecular weight is 277 g/mol. The molecule has 6 nitrogen and oxygen atoms in total. The topological polar surface area (TPSA) is 71.5 Å². The van der Waals surface area contributed by atoms with E-state index >= 15 is 0 Å². The summed E-state index contributed by atoms with van der Waals surface area (Å²) in [6.45, 7) is 3.32. The van der Waals surface area contributed by atoms with Crippen LogP contribution in [0.4, 0.5) is 4.79 Å². The Balaban J connectivity index is 1.93. The van der Waals surface area contributed by atoms with E-state index in [2.05, 4.69) is 10.3 Å². The molecular weight excluding hydrogens is 258 g/mol. The highest BCUT2D eigenvalue weighted by molar-refractivity contribution is 5.94. The van der Waals surface area contributed by atoms with Crippen LogP contribution in [0.2, 0.25) is 0 Å². The first-order valence-electron chi connectivity index (χ1n) is 6.83. The number of hydrogen-bond acceptors (Lipinski definition) is 4. The summed E-state index contributed by atoms with van der Waals surface area (Å²) < 4.78 is 4.86. The van der Waals surface area contributed by atoms with Gasteiger partial charge in [0.15, 0.2) is 0 Å². The molecule has 1 saturated heterocycles. The minimum atomic E-state index is -0.423. The average Bonchev–Trinajstić information content (AvgIpc) is 2.48. The van der Waals surface area contributed by atoms with Gasteiger partial charge in [0.25, 0.3) is 5.91 Å². The lowest BCUT2D eigenvalue weighted by atomic mass is 10.0. The molecule has 0 bridgehead atoms. The number of nitrogens with zero attached hydrogens (tertiary/aromatic N) is 2. The normalized spacial score (nSPS) is 18.4. The monoisotopic (exact) mass is 277 g/mol. The summed E-state index contributed by atoms with van der Waals surface area (Å²) in [5.41, 5.74) is 0.573. The highest BCUT2D eigenvalue weighted by Crippen LogP contribution is 2.13. The van der Waals surface area contributed by atoms with Gasteiger partial charge >= 0.3 is 6.09 Å². The van der Waals surface area contributed by atoms with Crippen LogP contribution in [0.5, 0.6) is 0 Å². The van der Waals surface area contributed by atoms with Crippen LogP contribution in [-0.4, -0.2) is 47.6 Å². The van der Waals surface area contributed by atoms with Gasteiger partial charge in [0, 0.05) is 31.5 Å². The Hall–Kier alpha value is -2.11. The first kappa shape index (κ1) is 14.3. The molecule has 0 radical (unpaired) electrons. The lowest BCUT2D eigenvalue weighted by Gasteiger charge is -2.32. The molecule has 0 aromatic carbocycles. The summed E-state index contributed by atoms with van der Waals surface area (Å²) in [5, 5.41) is 2.79. The van der Waals surface area contributed by atoms with E-state index in [1.807, 2.05) is 0 Å². The van der Waals surface area contributed by atoms with E-state index in [1.54, 1.807) is 36.4 Å². The van der Waals surface area contributed by atoms with Crippen molar-refractivity contribution in [3.8, 4) is 0 Å². The zero-order valence-electron chi connectivity index (χ0n) is 11.5. The maximum Gasteiger partial charge on any atom is 0.407 e.